The fraction of sp³-hybridized carbons (Fsp3) is 0.400. The normalized spacial score (nSPS) is 14.6. The first-order chi connectivity index (χ1) is 12.5. The number of benzene rings is 1. The minimum atomic E-state index is -0.124. The van der Waals surface area contributed by atoms with E-state index in [4.69, 9.17) is 4.74 Å². The molecule has 1 atom stereocenters. The molecule has 1 aromatic carbocycles. The Morgan fingerprint density at radius 2 is 1.96 bits per heavy atom. The largest absolute Gasteiger partial charge is 0.494 e. The van der Waals surface area contributed by atoms with Crippen molar-refractivity contribution in [3.8, 4) is 5.75 Å². The molecule has 2 aromatic rings. The lowest BCUT2D eigenvalue weighted by Crippen LogP contribution is -2.26. The number of carbonyl (C=O) groups is 2. The average Bonchev–Trinajstić information content (AvgIpc) is 3.39. The number of anilines is 1. The van der Waals surface area contributed by atoms with Crippen LogP contribution in [0.25, 0.3) is 0 Å². The quantitative estimate of drug-likeness (QED) is 0.762. The van der Waals surface area contributed by atoms with Crippen LogP contribution in [0.5, 0.6) is 5.75 Å². The van der Waals surface area contributed by atoms with Gasteiger partial charge in [0.25, 0.3) is 5.91 Å². The Morgan fingerprint density at radius 3 is 2.58 bits per heavy atom. The highest BCUT2D eigenvalue weighted by molar-refractivity contribution is 7.18. The monoisotopic (exact) mass is 372 g/mol. The number of hydrogen-bond donors (Lipinski definition) is 2. The number of thiophene rings is 1. The summed E-state index contributed by atoms with van der Waals surface area (Å²) in [5, 5.41) is 6.67. The van der Waals surface area contributed by atoms with Gasteiger partial charge in [-0.3, -0.25) is 9.59 Å². The van der Waals surface area contributed by atoms with Crippen molar-refractivity contribution in [3.63, 3.8) is 0 Å². The van der Waals surface area contributed by atoms with Gasteiger partial charge in [-0.25, -0.2) is 0 Å². The van der Waals surface area contributed by atoms with Crippen molar-refractivity contribution in [1.82, 2.24) is 5.32 Å². The van der Waals surface area contributed by atoms with Crippen LogP contribution in [0.4, 0.5) is 5.00 Å². The number of aryl methyl sites for hydroxylation is 1. The maximum Gasteiger partial charge on any atom is 0.262 e. The molecule has 1 aliphatic rings. The molecule has 1 fully saturated rings. The molecule has 3 rings (SSSR count). The predicted molar refractivity (Wildman–Crippen MR) is 104 cm³/mol. The van der Waals surface area contributed by atoms with Gasteiger partial charge in [-0.15, -0.1) is 11.3 Å². The van der Waals surface area contributed by atoms with E-state index >= 15 is 0 Å². The van der Waals surface area contributed by atoms with Crippen LogP contribution in [0.15, 0.2) is 30.3 Å². The lowest BCUT2D eigenvalue weighted by molar-refractivity contribution is -0.117. The van der Waals surface area contributed by atoms with Gasteiger partial charge >= 0.3 is 0 Å². The van der Waals surface area contributed by atoms with Crippen LogP contribution in [0.1, 0.15) is 53.5 Å². The summed E-state index contributed by atoms with van der Waals surface area (Å²) in [5.74, 6) is 0.899. The number of rotatable bonds is 7. The summed E-state index contributed by atoms with van der Waals surface area (Å²) >= 11 is 1.32. The lowest BCUT2D eigenvalue weighted by atomic mass is 10.1. The topological polar surface area (TPSA) is 67.4 Å². The van der Waals surface area contributed by atoms with E-state index < -0.39 is 0 Å². The van der Waals surface area contributed by atoms with Crippen molar-refractivity contribution in [2.75, 3.05) is 11.9 Å². The van der Waals surface area contributed by atoms with E-state index in [0.29, 0.717) is 11.5 Å². The zero-order chi connectivity index (χ0) is 18.7. The Hall–Kier alpha value is -2.34. The molecule has 0 spiro atoms. The third kappa shape index (κ3) is 4.43. The van der Waals surface area contributed by atoms with Gasteiger partial charge in [-0.2, -0.15) is 0 Å². The third-order valence-electron chi connectivity index (χ3n) is 4.36. The summed E-state index contributed by atoms with van der Waals surface area (Å²) in [6.45, 7) is 6.41. The van der Waals surface area contributed by atoms with Crippen LogP contribution in [-0.2, 0) is 4.79 Å². The smallest absolute Gasteiger partial charge is 0.262 e. The van der Waals surface area contributed by atoms with Crippen LogP contribution >= 0.6 is 11.3 Å². The van der Waals surface area contributed by atoms with E-state index in [-0.39, 0.29) is 23.8 Å². The van der Waals surface area contributed by atoms with Gasteiger partial charge in [0.15, 0.2) is 0 Å². The molecule has 0 aliphatic heterocycles. The summed E-state index contributed by atoms with van der Waals surface area (Å²) in [6.07, 6.45) is 1.92. The molecule has 0 saturated heterocycles. The predicted octanol–water partition coefficient (Wildman–Crippen LogP) is 4.29. The maximum absolute atomic E-state index is 12.6. The van der Waals surface area contributed by atoms with Crippen LogP contribution in [-0.4, -0.2) is 18.4 Å². The lowest BCUT2D eigenvalue weighted by Gasteiger charge is -2.14. The number of amides is 2. The second-order valence-electron chi connectivity index (χ2n) is 6.58. The Kier molecular flexibility index (Phi) is 5.61. The molecule has 1 heterocycles. The molecule has 5 nitrogen and oxygen atoms in total. The van der Waals surface area contributed by atoms with E-state index in [2.05, 4.69) is 10.6 Å². The van der Waals surface area contributed by atoms with Crippen molar-refractivity contribution in [2.24, 2.45) is 5.92 Å². The Morgan fingerprint density at radius 1 is 1.27 bits per heavy atom. The van der Waals surface area contributed by atoms with E-state index in [9.17, 15) is 9.59 Å². The Bertz CT molecular complexity index is 794. The standard InChI is InChI=1S/C20H24N2O3S/c1-4-25-16-9-7-14(8-10-16)13(3)21-20(24)18-12(2)11-17(26-18)22-19(23)15-5-6-15/h7-11,13,15H,4-6H2,1-3H3,(H,21,24)(H,22,23). The molecular weight excluding hydrogens is 348 g/mol. The van der Waals surface area contributed by atoms with Crippen molar-refractivity contribution in [1.29, 1.82) is 0 Å². The molecular formula is C20H24N2O3S. The van der Waals surface area contributed by atoms with Gasteiger partial charge in [0.2, 0.25) is 5.91 Å². The van der Waals surface area contributed by atoms with E-state index in [1.807, 2.05) is 51.1 Å². The average molecular weight is 372 g/mol. The molecule has 0 bridgehead atoms. The van der Waals surface area contributed by atoms with Gasteiger partial charge in [-0.1, -0.05) is 12.1 Å². The number of nitrogens with one attached hydrogen (secondary N) is 2. The van der Waals surface area contributed by atoms with Crippen LogP contribution in [0.3, 0.4) is 0 Å². The molecule has 1 aromatic heterocycles. The second kappa shape index (κ2) is 7.91. The summed E-state index contributed by atoms with van der Waals surface area (Å²) < 4.78 is 5.44. The third-order valence-corrected chi connectivity index (χ3v) is 5.51. The summed E-state index contributed by atoms with van der Waals surface area (Å²) in [5.41, 5.74) is 1.88. The molecule has 6 heteroatoms. The molecule has 2 amide bonds. The fourth-order valence-electron chi connectivity index (χ4n) is 2.70. The van der Waals surface area contributed by atoms with Gasteiger partial charge in [-0.05, 0) is 62.9 Å². The molecule has 26 heavy (non-hydrogen) atoms. The molecule has 0 radical (unpaired) electrons. The van der Waals surface area contributed by atoms with E-state index in [0.717, 1.165) is 34.7 Å². The highest BCUT2D eigenvalue weighted by Gasteiger charge is 2.30. The van der Waals surface area contributed by atoms with Gasteiger partial charge in [0, 0.05) is 5.92 Å². The van der Waals surface area contributed by atoms with E-state index in [1.54, 1.807) is 0 Å². The second-order valence-corrected chi connectivity index (χ2v) is 7.64. The first-order valence-electron chi connectivity index (χ1n) is 8.92. The van der Waals surface area contributed by atoms with Crippen molar-refractivity contribution >= 4 is 28.2 Å². The van der Waals surface area contributed by atoms with Gasteiger partial charge in [0.05, 0.1) is 22.5 Å². The summed E-state index contributed by atoms with van der Waals surface area (Å²) in [4.78, 5) is 25.1. The highest BCUT2D eigenvalue weighted by Crippen LogP contribution is 2.33. The van der Waals surface area contributed by atoms with Crippen LogP contribution in [0, 0.1) is 12.8 Å². The van der Waals surface area contributed by atoms with Crippen molar-refractivity contribution in [3.05, 3.63) is 46.3 Å². The minimum Gasteiger partial charge on any atom is -0.494 e. The first kappa shape index (κ1) is 18.5. The van der Waals surface area contributed by atoms with Crippen molar-refractivity contribution in [2.45, 2.75) is 39.7 Å². The zero-order valence-corrected chi connectivity index (χ0v) is 16.1. The molecule has 1 saturated carbocycles. The molecule has 1 unspecified atom stereocenters. The summed E-state index contributed by atoms with van der Waals surface area (Å²) in [6, 6.07) is 9.47. The molecule has 2 N–H and O–H groups in total. The van der Waals surface area contributed by atoms with Gasteiger partial charge in [0.1, 0.15) is 5.75 Å². The van der Waals surface area contributed by atoms with E-state index in [1.165, 1.54) is 11.3 Å². The summed E-state index contributed by atoms with van der Waals surface area (Å²) in [7, 11) is 0. The molecule has 138 valence electrons. The Labute approximate surface area is 157 Å². The number of ether oxygens (including phenoxy) is 1. The number of carbonyl (C=O) groups excluding carboxylic acids is 2. The minimum absolute atomic E-state index is 0.0564. The van der Waals surface area contributed by atoms with Crippen LogP contribution < -0.4 is 15.4 Å². The first-order valence-corrected chi connectivity index (χ1v) is 9.74. The zero-order valence-electron chi connectivity index (χ0n) is 15.3. The number of hydrogen-bond acceptors (Lipinski definition) is 4. The highest BCUT2D eigenvalue weighted by atomic mass is 32.1. The Balaban J connectivity index is 1.63. The van der Waals surface area contributed by atoms with Gasteiger partial charge < -0.3 is 15.4 Å². The SMILES string of the molecule is CCOc1ccc(C(C)NC(=O)c2sc(NC(=O)C3CC3)cc2C)cc1. The van der Waals surface area contributed by atoms with Crippen LogP contribution in [0.2, 0.25) is 0 Å². The van der Waals surface area contributed by atoms with Crippen molar-refractivity contribution < 1.29 is 14.3 Å². The fourth-order valence-corrected chi connectivity index (χ4v) is 3.68. The molecule has 1 aliphatic carbocycles. The maximum atomic E-state index is 12.6.